The molecule has 6 aliphatic heterocycles. The number of ether oxygens (including phenoxy) is 4. The Morgan fingerprint density at radius 2 is 1.67 bits per heavy atom. The summed E-state index contributed by atoms with van der Waals surface area (Å²) in [4.78, 5) is 68.0. The van der Waals surface area contributed by atoms with Gasteiger partial charge in [0.15, 0.2) is 6.10 Å². The number of hydrogen-bond acceptors (Lipinski definition) is 13. The fourth-order valence-corrected chi connectivity index (χ4v) is 14.7. The summed E-state index contributed by atoms with van der Waals surface area (Å²) < 4.78 is 23.7. The monoisotopic (exact) mass is 822 g/mol. The number of amides is 1. The third-order valence-corrected chi connectivity index (χ3v) is 16.6. The number of para-hydroxylation sites is 1. The molecule has 0 unspecified atom stereocenters. The maximum Gasteiger partial charge on any atom is 0.344 e. The average molecular weight is 823 g/mol. The van der Waals surface area contributed by atoms with Gasteiger partial charge in [-0.1, -0.05) is 44.2 Å². The van der Waals surface area contributed by atoms with E-state index in [1.54, 1.807) is 6.07 Å². The average Bonchev–Trinajstić information content (AvgIpc) is 4.01. The highest BCUT2D eigenvalue weighted by molar-refractivity contribution is 6.21. The predicted octanol–water partition coefficient (Wildman–Crippen LogP) is 3.24. The number of fused-ring (bicyclic) bond motifs is 2. The Kier molecular flexibility index (Phi) is 8.52. The van der Waals surface area contributed by atoms with Crippen LogP contribution in [-0.4, -0.2) is 133 Å². The van der Waals surface area contributed by atoms with Crippen LogP contribution in [0, 0.1) is 11.3 Å². The molecule has 11 atom stereocenters. The number of aliphatic hydroxyl groups is 2. The van der Waals surface area contributed by atoms with Crippen LogP contribution in [0.4, 0.5) is 11.4 Å². The molecule has 2 aromatic carbocycles. The van der Waals surface area contributed by atoms with Crippen LogP contribution in [0.1, 0.15) is 76.0 Å². The molecule has 1 amide bonds. The molecular formula is C46H54N4O10. The van der Waals surface area contributed by atoms with Crippen LogP contribution in [0.5, 0.6) is 5.75 Å². The van der Waals surface area contributed by atoms with Crippen LogP contribution in [0.25, 0.3) is 0 Å². The smallest absolute Gasteiger partial charge is 0.344 e. The highest BCUT2D eigenvalue weighted by Crippen LogP contribution is 2.70. The van der Waals surface area contributed by atoms with E-state index in [2.05, 4.69) is 15.9 Å². The Morgan fingerprint density at radius 1 is 0.917 bits per heavy atom. The number of hydrogen-bond donors (Lipinski definition) is 2. The van der Waals surface area contributed by atoms with E-state index in [1.807, 2.05) is 50.3 Å². The Balaban J connectivity index is 1.28. The van der Waals surface area contributed by atoms with E-state index >= 15 is 4.79 Å². The third kappa shape index (κ3) is 4.40. The van der Waals surface area contributed by atoms with E-state index in [-0.39, 0.29) is 18.4 Å². The summed E-state index contributed by atoms with van der Waals surface area (Å²) in [5.41, 5.74) is -3.80. The Hall–Kier alpha value is -4.63. The zero-order valence-electron chi connectivity index (χ0n) is 35.1. The minimum absolute atomic E-state index is 0.0207. The lowest BCUT2D eigenvalue weighted by atomic mass is 9.47. The Morgan fingerprint density at radius 3 is 2.35 bits per heavy atom. The van der Waals surface area contributed by atoms with Crippen molar-refractivity contribution >= 4 is 41.4 Å². The van der Waals surface area contributed by atoms with Gasteiger partial charge in [-0.2, -0.15) is 0 Å². The molecule has 14 heteroatoms. The minimum Gasteiger partial charge on any atom is -0.496 e. The minimum atomic E-state index is -2.53. The Bertz CT molecular complexity index is 2300. The molecule has 6 heterocycles. The molecule has 10 rings (SSSR count). The van der Waals surface area contributed by atoms with Gasteiger partial charge in [-0.25, -0.2) is 4.79 Å². The first kappa shape index (κ1) is 39.5. The normalized spacial score (nSPS) is 40.3. The van der Waals surface area contributed by atoms with Crippen molar-refractivity contribution in [2.45, 2.75) is 111 Å². The van der Waals surface area contributed by atoms with Crippen molar-refractivity contribution in [3.05, 3.63) is 65.2 Å². The summed E-state index contributed by atoms with van der Waals surface area (Å²) in [6.07, 6.45) is 5.95. The van der Waals surface area contributed by atoms with Crippen LogP contribution < -0.4 is 9.64 Å². The molecule has 0 bridgehead atoms. The zero-order chi connectivity index (χ0) is 42.4. The fourth-order valence-electron chi connectivity index (χ4n) is 14.7. The van der Waals surface area contributed by atoms with Crippen LogP contribution >= 0.6 is 0 Å². The van der Waals surface area contributed by atoms with E-state index in [0.717, 1.165) is 11.3 Å². The largest absolute Gasteiger partial charge is 0.496 e. The number of rotatable bonds is 8. The quantitative estimate of drug-likeness (QED) is 0.173. The van der Waals surface area contributed by atoms with Crippen molar-refractivity contribution in [3.8, 4) is 5.75 Å². The van der Waals surface area contributed by atoms with Crippen LogP contribution in [0.15, 0.2) is 53.5 Å². The first-order valence-corrected chi connectivity index (χ1v) is 21.4. The van der Waals surface area contributed by atoms with Gasteiger partial charge in [0.25, 0.3) is 0 Å². The number of nitrogens with zero attached hydrogens (tertiary/aromatic N) is 4. The standard InChI is InChI=1S/C46H54N4O10/c1-7-41(55)22-27-23-45(39(53)58-5,35-43(15-19-49(24-41)34(27)43)28-12-9-10-13-31(28)47-35)30-20-29-32(21-33(30)57-4)50(25-51)37-44(29)16-18-48-17-11-14-42(8-2,36(44)48)38(60-26(3)52)46(37,56)40(54)59-6/h9-14,20-21,25,27,34,36-38,55-56H,7-8,15-19,22-24H2,1-6H3/t27-,34+,36+,37-,38-,41+,42-,43-,44-,45+,46+/m1/s1. The van der Waals surface area contributed by atoms with Crippen molar-refractivity contribution in [1.82, 2.24) is 9.80 Å². The van der Waals surface area contributed by atoms with Gasteiger partial charge >= 0.3 is 17.9 Å². The number of piperidine rings is 1. The van der Waals surface area contributed by atoms with Crippen LogP contribution in [0.3, 0.4) is 0 Å². The summed E-state index contributed by atoms with van der Waals surface area (Å²) in [7, 11) is 4.09. The molecular weight excluding hydrogens is 769 g/mol. The van der Waals surface area contributed by atoms with Crippen molar-refractivity contribution in [1.29, 1.82) is 0 Å². The first-order chi connectivity index (χ1) is 28.8. The molecule has 2 aliphatic carbocycles. The Labute approximate surface area is 349 Å². The highest BCUT2D eigenvalue weighted by Gasteiger charge is 2.81. The maximum atomic E-state index is 15.3. The third-order valence-electron chi connectivity index (χ3n) is 16.6. The van der Waals surface area contributed by atoms with Gasteiger partial charge in [-0.15, -0.1) is 0 Å². The number of anilines is 1. The zero-order valence-corrected chi connectivity index (χ0v) is 35.1. The van der Waals surface area contributed by atoms with Crippen molar-refractivity contribution < 1.29 is 48.3 Å². The molecule has 8 aliphatic rings. The van der Waals surface area contributed by atoms with E-state index in [0.29, 0.717) is 93.0 Å². The predicted molar refractivity (Wildman–Crippen MR) is 218 cm³/mol. The van der Waals surface area contributed by atoms with Crippen molar-refractivity contribution in [2.24, 2.45) is 16.3 Å². The number of esters is 3. The molecule has 318 valence electrons. The van der Waals surface area contributed by atoms with Gasteiger partial charge in [0.1, 0.15) is 11.2 Å². The van der Waals surface area contributed by atoms with Gasteiger partial charge in [0, 0.05) is 54.6 Å². The van der Waals surface area contributed by atoms with Crippen molar-refractivity contribution in [2.75, 3.05) is 52.4 Å². The summed E-state index contributed by atoms with van der Waals surface area (Å²) in [5, 5.41) is 25.4. The lowest BCUT2D eigenvalue weighted by Crippen LogP contribution is -2.81. The molecule has 3 saturated heterocycles. The van der Waals surface area contributed by atoms with Crippen molar-refractivity contribution in [3.63, 3.8) is 0 Å². The second-order valence-electron chi connectivity index (χ2n) is 18.6. The van der Waals surface area contributed by atoms with E-state index in [1.165, 1.54) is 33.2 Å². The number of carbonyl (C=O) groups is 4. The van der Waals surface area contributed by atoms with Gasteiger partial charge in [0.2, 0.25) is 12.0 Å². The highest BCUT2D eigenvalue weighted by atomic mass is 16.6. The second-order valence-corrected chi connectivity index (χ2v) is 18.6. The lowest BCUT2D eigenvalue weighted by molar-refractivity contribution is -0.228. The van der Waals surface area contributed by atoms with E-state index in [9.17, 15) is 24.6 Å². The topological polar surface area (TPSA) is 168 Å². The SMILES string of the molecule is CC[C@]1(O)C[C@@H]2C[C@](C(=O)OC)(c3cc4c(cc3OC)N(C=O)[C@H]3[C@@](O)(C(=O)OC)[C@H](OC(C)=O)[C@]5(CC)C=CCN6CC[C@]43[C@@H]65)C3=Nc4ccccc4[C@@]34CCN(C1)[C@@H]24. The number of aliphatic imine (C=N–C) groups is 1. The number of carbonyl (C=O) groups excluding carboxylic acids is 4. The molecule has 2 spiro atoms. The number of methoxy groups -OCH3 is 3. The molecule has 60 heavy (non-hydrogen) atoms. The molecule has 2 aromatic rings. The molecule has 14 nitrogen and oxygen atoms in total. The molecule has 0 aromatic heterocycles. The maximum absolute atomic E-state index is 15.3. The fraction of sp³-hybridized carbons (Fsp3) is 0.587. The molecule has 2 N–H and O–H groups in total. The second kappa shape index (κ2) is 12.9. The van der Waals surface area contributed by atoms with Gasteiger partial charge in [-0.3, -0.25) is 29.2 Å². The van der Waals surface area contributed by atoms with Gasteiger partial charge < -0.3 is 34.1 Å². The number of benzene rings is 2. The molecule has 2 saturated carbocycles. The summed E-state index contributed by atoms with van der Waals surface area (Å²) in [5.74, 6) is -2.07. The van der Waals surface area contributed by atoms with Crippen LogP contribution in [-0.2, 0) is 49.6 Å². The first-order valence-electron chi connectivity index (χ1n) is 21.4. The van der Waals surface area contributed by atoms with E-state index in [4.69, 9.17) is 23.9 Å². The lowest BCUT2D eigenvalue weighted by Gasteiger charge is -2.63. The summed E-state index contributed by atoms with van der Waals surface area (Å²) >= 11 is 0. The summed E-state index contributed by atoms with van der Waals surface area (Å²) in [6.45, 7) is 7.56. The summed E-state index contributed by atoms with van der Waals surface area (Å²) in [6, 6.07) is 10.0. The van der Waals surface area contributed by atoms with Gasteiger partial charge in [0.05, 0.1) is 55.5 Å². The van der Waals surface area contributed by atoms with Crippen LogP contribution in [0.2, 0.25) is 0 Å². The molecule has 5 fully saturated rings. The molecule has 0 radical (unpaired) electrons. The van der Waals surface area contributed by atoms with E-state index < -0.39 is 69.0 Å². The van der Waals surface area contributed by atoms with Gasteiger partial charge in [-0.05, 0) is 80.8 Å².